The number of anilines is 1. The number of carboxylic acids is 1. The molecular formula is C12H14ClN3O4. The van der Waals surface area contributed by atoms with Crippen molar-refractivity contribution in [2.75, 3.05) is 25.5 Å². The zero-order chi connectivity index (χ0) is 15.3. The van der Waals surface area contributed by atoms with E-state index in [1.807, 2.05) is 0 Å². The number of nitrogens with zero attached hydrogens (tertiary/aromatic N) is 1. The molecule has 1 aromatic rings. The summed E-state index contributed by atoms with van der Waals surface area (Å²) < 4.78 is 0. The van der Waals surface area contributed by atoms with Crippen molar-refractivity contribution in [1.29, 1.82) is 0 Å². The van der Waals surface area contributed by atoms with Gasteiger partial charge in [0.25, 0.3) is 0 Å². The van der Waals surface area contributed by atoms with Gasteiger partial charge in [0, 0.05) is 0 Å². The Balaban J connectivity index is 2.72. The highest BCUT2D eigenvalue weighted by atomic mass is 35.5. The third-order valence-electron chi connectivity index (χ3n) is 2.33. The van der Waals surface area contributed by atoms with E-state index in [-0.39, 0.29) is 29.4 Å². The summed E-state index contributed by atoms with van der Waals surface area (Å²) in [6.07, 6.45) is 0. The van der Waals surface area contributed by atoms with E-state index in [0.717, 1.165) is 0 Å². The molecule has 0 aliphatic carbocycles. The van der Waals surface area contributed by atoms with E-state index in [4.69, 9.17) is 22.4 Å². The van der Waals surface area contributed by atoms with Gasteiger partial charge in [-0.15, -0.1) is 0 Å². The number of primary amides is 1. The Bertz CT molecular complexity index is 548. The Morgan fingerprint density at radius 2 is 2.00 bits per heavy atom. The monoisotopic (exact) mass is 299 g/mol. The summed E-state index contributed by atoms with van der Waals surface area (Å²) in [6.45, 7) is -0.132. The predicted octanol–water partition coefficient (Wildman–Crippen LogP) is 0.394. The second-order valence-electron chi connectivity index (χ2n) is 4.19. The first-order valence-electron chi connectivity index (χ1n) is 5.59. The summed E-state index contributed by atoms with van der Waals surface area (Å²) in [5.41, 5.74) is 5.21. The maximum absolute atomic E-state index is 11.7. The largest absolute Gasteiger partial charge is 0.478 e. The number of amides is 2. The molecule has 4 N–H and O–H groups in total. The Labute approximate surface area is 120 Å². The van der Waals surface area contributed by atoms with Gasteiger partial charge < -0.3 is 16.2 Å². The molecule has 8 heteroatoms. The van der Waals surface area contributed by atoms with Crippen molar-refractivity contribution in [2.45, 2.75) is 0 Å². The topological polar surface area (TPSA) is 113 Å². The van der Waals surface area contributed by atoms with Crippen LogP contribution in [-0.2, 0) is 9.59 Å². The lowest BCUT2D eigenvalue weighted by Crippen LogP contribution is -2.36. The lowest BCUT2D eigenvalue weighted by atomic mass is 10.2. The highest BCUT2D eigenvalue weighted by molar-refractivity contribution is 6.33. The summed E-state index contributed by atoms with van der Waals surface area (Å²) in [5, 5.41) is 11.6. The van der Waals surface area contributed by atoms with E-state index >= 15 is 0 Å². The molecule has 0 saturated carbocycles. The molecule has 0 fully saturated rings. The average Bonchev–Trinajstić information content (AvgIpc) is 2.30. The van der Waals surface area contributed by atoms with Gasteiger partial charge in [-0.05, 0) is 25.2 Å². The number of carboxylic acid groups (broad SMARTS) is 1. The maximum atomic E-state index is 11.7. The standard InChI is InChI=1S/C12H14ClN3O4/c1-16(5-10(14)17)6-11(18)15-9-4-7(12(19)20)2-3-8(9)13/h2-4H,5-6H2,1H3,(H2,14,17)(H,15,18)(H,19,20). The third-order valence-corrected chi connectivity index (χ3v) is 2.66. The number of rotatable bonds is 6. The van der Waals surface area contributed by atoms with Crippen molar-refractivity contribution in [2.24, 2.45) is 5.73 Å². The number of hydrogen-bond donors (Lipinski definition) is 3. The van der Waals surface area contributed by atoms with Gasteiger partial charge in [0.15, 0.2) is 0 Å². The van der Waals surface area contributed by atoms with Gasteiger partial charge in [-0.3, -0.25) is 14.5 Å². The van der Waals surface area contributed by atoms with Crippen LogP contribution in [0.15, 0.2) is 18.2 Å². The normalized spacial score (nSPS) is 10.3. The molecule has 20 heavy (non-hydrogen) atoms. The minimum Gasteiger partial charge on any atom is -0.478 e. The molecule has 2 amide bonds. The van der Waals surface area contributed by atoms with Crippen LogP contribution >= 0.6 is 11.6 Å². The molecule has 1 aromatic carbocycles. The van der Waals surface area contributed by atoms with Gasteiger partial charge >= 0.3 is 5.97 Å². The van der Waals surface area contributed by atoms with Crippen LogP contribution in [0.5, 0.6) is 0 Å². The molecule has 0 spiro atoms. The van der Waals surface area contributed by atoms with E-state index in [1.165, 1.54) is 23.1 Å². The molecule has 0 aromatic heterocycles. The van der Waals surface area contributed by atoms with E-state index in [1.54, 1.807) is 7.05 Å². The quantitative estimate of drug-likeness (QED) is 0.703. The van der Waals surface area contributed by atoms with Crippen LogP contribution in [0.4, 0.5) is 5.69 Å². The third kappa shape index (κ3) is 4.87. The van der Waals surface area contributed by atoms with Crippen LogP contribution in [0.1, 0.15) is 10.4 Å². The van der Waals surface area contributed by atoms with Crippen molar-refractivity contribution in [3.8, 4) is 0 Å². The van der Waals surface area contributed by atoms with Crippen LogP contribution < -0.4 is 11.1 Å². The average molecular weight is 300 g/mol. The summed E-state index contributed by atoms with van der Waals surface area (Å²) in [6, 6.07) is 3.98. The number of halogens is 1. The second-order valence-corrected chi connectivity index (χ2v) is 4.59. The lowest BCUT2D eigenvalue weighted by molar-refractivity contribution is -0.120. The zero-order valence-corrected chi connectivity index (χ0v) is 11.5. The molecule has 0 bridgehead atoms. The SMILES string of the molecule is CN(CC(N)=O)CC(=O)Nc1cc(C(=O)O)ccc1Cl. The molecule has 108 valence electrons. The Morgan fingerprint density at radius 3 is 2.55 bits per heavy atom. The minimum absolute atomic E-state index is 0.00944. The number of likely N-dealkylation sites (N-methyl/N-ethyl adjacent to an activating group) is 1. The second kappa shape index (κ2) is 6.88. The lowest BCUT2D eigenvalue weighted by Gasteiger charge is -2.14. The maximum Gasteiger partial charge on any atom is 0.335 e. The number of nitrogens with one attached hydrogen (secondary N) is 1. The Hall–Kier alpha value is -2.12. The first-order valence-corrected chi connectivity index (χ1v) is 5.97. The summed E-state index contributed by atoms with van der Waals surface area (Å²) >= 11 is 5.87. The molecule has 0 heterocycles. The summed E-state index contributed by atoms with van der Waals surface area (Å²) in [7, 11) is 1.56. The fraction of sp³-hybridized carbons (Fsp3) is 0.250. The molecular weight excluding hydrogens is 286 g/mol. The van der Waals surface area contributed by atoms with Gasteiger partial charge in [0.2, 0.25) is 11.8 Å². The van der Waals surface area contributed by atoms with Crippen molar-refractivity contribution < 1.29 is 19.5 Å². The minimum atomic E-state index is -1.12. The van der Waals surface area contributed by atoms with Gasteiger partial charge in [-0.25, -0.2) is 4.79 Å². The predicted molar refractivity (Wildman–Crippen MR) is 73.7 cm³/mol. The van der Waals surface area contributed by atoms with Crippen LogP contribution in [0.3, 0.4) is 0 Å². The highest BCUT2D eigenvalue weighted by Crippen LogP contribution is 2.23. The van der Waals surface area contributed by atoms with Gasteiger partial charge in [0.1, 0.15) is 0 Å². The number of hydrogen-bond acceptors (Lipinski definition) is 4. The summed E-state index contributed by atoms with van der Waals surface area (Å²) in [4.78, 5) is 34.7. The van der Waals surface area contributed by atoms with E-state index in [0.29, 0.717) is 0 Å². The first-order chi connectivity index (χ1) is 9.29. The van der Waals surface area contributed by atoms with Crippen LogP contribution in [-0.4, -0.2) is 47.9 Å². The molecule has 0 radical (unpaired) electrons. The highest BCUT2D eigenvalue weighted by Gasteiger charge is 2.12. The van der Waals surface area contributed by atoms with Crippen LogP contribution in [0.25, 0.3) is 0 Å². The number of nitrogens with two attached hydrogens (primary N) is 1. The Kier molecular flexibility index (Phi) is 5.48. The molecule has 7 nitrogen and oxygen atoms in total. The molecule has 0 unspecified atom stereocenters. The first kappa shape index (κ1) is 15.9. The number of carbonyl (C=O) groups excluding carboxylic acids is 2. The fourth-order valence-electron chi connectivity index (χ4n) is 1.51. The van der Waals surface area contributed by atoms with Crippen molar-refractivity contribution in [3.05, 3.63) is 28.8 Å². The number of carbonyl (C=O) groups is 3. The van der Waals surface area contributed by atoms with Crippen molar-refractivity contribution in [1.82, 2.24) is 4.90 Å². The zero-order valence-electron chi connectivity index (χ0n) is 10.7. The number of benzene rings is 1. The Morgan fingerprint density at radius 1 is 1.35 bits per heavy atom. The van der Waals surface area contributed by atoms with Gasteiger partial charge in [-0.2, -0.15) is 0 Å². The molecule has 0 saturated heterocycles. The van der Waals surface area contributed by atoms with E-state index in [2.05, 4.69) is 5.32 Å². The van der Waals surface area contributed by atoms with E-state index < -0.39 is 17.8 Å². The van der Waals surface area contributed by atoms with Crippen molar-refractivity contribution in [3.63, 3.8) is 0 Å². The number of aromatic carboxylic acids is 1. The summed E-state index contributed by atoms with van der Waals surface area (Å²) in [5.74, 6) is -2.10. The molecule has 0 aliphatic heterocycles. The molecule has 0 aliphatic rings. The van der Waals surface area contributed by atoms with Crippen LogP contribution in [0, 0.1) is 0 Å². The van der Waals surface area contributed by atoms with Gasteiger partial charge in [-0.1, -0.05) is 11.6 Å². The van der Waals surface area contributed by atoms with Crippen LogP contribution in [0.2, 0.25) is 5.02 Å². The molecule has 0 atom stereocenters. The van der Waals surface area contributed by atoms with Crippen molar-refractivity contribution >= 4 is 35.1 Å². The van der Waals surface area contributed by atoms with Gasteiger partial charge in [0.05, 0.1) is 29.4 Å². The smallest absolute Gasteiger partial charge is 0.335 e. The fourth-order valence-corrected chi connectivity index (χ4v) is 1.68. The van der Waals surface area contributed by atoms with E-state index in [9.17, 15) is 14.4 Å². The molecule has 1 rings (SSSR count).